The Balaban J connectivity index is 2.12. The van der Waals surface area contributed by atoms with E-state index in [0.717, 1.165) is 30.7 Å². The van der Waals surface area contributed by atoms with Gasteiger partial charge in [0.1, 0.15) is 0 Å². The third kappa shape index (κ3) is 3.25. The maximum atomic E-state index is 12.3. The molecule has 1 aliphatic rings. The molecule has 2 heterocycles. The average Bonchev–Trinajstić information content (AvgIpc) is 2.63. The predicted octanol–water partition coefficient (Wildman–Crippen LogP) is 0.795. The van der Waals surface area contributed by atoms with Crippen LogP contribution in [-0.2, 0) is 10.0 Å². The highest BCUT2D eigenvalue weighted by Crippen LogP contribution is 2.26. The Labute approximate surface area is 118 Å². The van der Waals surface area contributed by atoms with E-state index in [9.17, 15) is 8.42 Å². The van der Waals surface area contributed by atoms with Gasteiger partial charge in [0.05, 0.1) is 5.69 Å². The van der Waals surface area contributed by atoms with Crippen molar-refractivity contribution in [2.24, 2.45) is 0 Å². The zero-order valence-corrected chi connectivity index (χ0v) is 13.0. The summed E-state index contributed by atoms with van der Waals surface area (Å²) in [4.78, 5) is 6.20. The maximum absolute atomic E-state index is 12.3. The van der Waals surface area contributed by atoms with Gasteiger partial charge in [0.2, 0.25) is 0 Å². The Morgan fingerprint density at radius 2 is 2.21 bits per heavy atom. The van der Waals surface area contributed by atoms with Gasteiger partial charge in [0.15, 0.2) is 9.34 Å². The lowest BCUT2D eigenvalue weighted by Gasteiger charge is -2.35. The van der Waals surface area contributed by atoms with Crippen molar-refractivity contribution in [1.82, 2.24) is 14.6 Å². The third-order valence-electron chi connectivity index (χ3n) is 3.54. The van der Waals surface area contributed by atoms with Crippen molar-refractivity contribution in [3.05, 3.63) is 5.69 Å². The van der Waals surface area contributed by atoms with Crippen molar-refractivity contribution in [3.8, 4) is 0 Å². The molecule has 1 aromatic rings. The number of aryl methyl sites for hydroxylation is 1. The van der Waals surface area contributed by atoms with Crippen LogP contribution in [0.15, 0.2) is 4.21 Å². The third-order valence-corrected chi connectivity index (χ3v) is 6.66. The number of likely N-dealkylation sites (tertiary alicyclic amines) is 1. The van der Waals surface area contributed by atoms with Crippen LogP contribution in [0.2, 0.25) is 0 Å². The van der Waals surface area contributed by atoms with E-state index in [1.807, 2.05) is 0 Å². The van der Waals surface area contributed by atoms with Gasteiger partial charge in [0, 0.05) is 12.1 Å². The van der Waals surface area contributed by atoms with Gasteiger partial charge >= 0.3 is 0 Å². The van der Waals surface area contributed by atoms with Gasteiger partial charge in [-0.1, -0.05) is 11.3 Å². The summed E-state index contributed by atoms with van der Waals surface area (Å²) in [5.74, 6) is 0. The molecule has 1 aromatic heterocycles. The average molecular weight is 304 g/mol. The van der Waals surface area contributed by atoms with E-state index in [4.69, 9.17) is 5.73 Å². The molecule has 8 heteroatoms. The van der Waals surface area contributed by atoms with Crippen LogP contribution in [-0.4, -0.2) is 44.0 Å². The molecule has 0 aliphatic carbocycles. The molecule has 2 unspecified atom stereocenters. The van der Waals surface area contributed by atoms with Crippen molar-refractivity contribution in [2.45, 2.75) is 43.0 Å². The number of piperidine rings is 1. The lowest BCUT2D eigenvalue weighted by Crippen LogP contribution is -2.47. The summed E-state index contributed by atoms with van der Waals surface area (Å²) in [5.41, 5.74) is 6.03. The van der Waals surface area contributed by atoms with Crippen LogP contribution in [0, 0.1) is 6.92 Å². The minimum atomic E-state index is -3.50. The molecular formula is C11H20N4O2S2. The molecule has 0 bridgehead atoms. The van der Waals surface area contributed by atoms with E-state index in [2.05, 4.69) is 28.6 Å². The van der Waals surface area contributed by atoms with E-state index in [1.54, 1.807) is 6.92 Å². The normalized spacial score (nSPS) is 25.6. The summed E-state index contributed by atoms with van der Waals surface area (Å²) in [6, 6.07) is 0.369. The molecule has 0 spiro atoms. The number of hydrogen-bond donors (Lipinski definition) is 2. The largest absolute Gasteiger partial charge is 0.375 e. The van der Waals surface area contributed by atoms with Crippen LogP contribution in [0.3, 0.4) is 0 Å². The molecule has 19 heavy (non-hydrogen) atoms. The number of anilines is 1. The Kier molecular flexibility index (Phi) is 4.14. The van der Waals surface area contributed by atoms with E-state index in [0.29, 0.717) is 11.7 Å². The summed E-state index contributed by atoms with van der Waals surface area (Å²) in [7, 11) is -1.44. The van der Waals surface area contributed by atoms with Crippen molar-refractivity contribution in [2.75, 3.05) is 19.3 Å². The highest BCUT2D eigenvalue weighted by atomic mass is 32.2. The predicted molar refractivity (Wildman–Crippen MR) is 76.7 cm³/mol. The number of aromatic nitrogens is 1. The SMILES string of the molecule is Cc1nc(N)sc1S(=O)(=O)NC1CCN(C)C(C)C1. The summed E-state index contributed by atoms with van der Waals surface area (Å²) in [5, 5.41) is 0.287. The number of nitrogens with zero attached hydrogens (tertiary/aromatic N) is 2. The molecule has 0 amide bonds. The molecule has 2 rings (SSSR count). The summed E-state index contributed by atoms with van der Waals surface area (Å²) in [6.45, 7) is 4.67. The van der Waals surface area contributed by atoms with Crippen LogP contribution in [0.25, 0.3) is 0 Å². The maximum Gasteiger partial charge on any atom is 0.252 e. The van der Waals surface area contributed by atoms with Crippen LogP contribution < -0.4 is 10.5 Å². The second kappa shape index (κ2) is 5.35. The number of hydrogen-bond acceptors (Lipinski definition) is 6. The highest BCUT2D eigenvalue weighted by Gasteiger charge is 2.29. The first-order valence-corrected chi connectivity index (χ1v) is 8.55. The minimum absolute atomic E-state index is 0.0149. The standard InChI is InChI=1S/C11H20N4O2S2/c1-7-6-9(4-5-15(7)3)14-19(16,17)10-8(2)13-11(12)18-10/h7,9,14H,4-6H2,1-3H3,(H2,12,13). The van der Waals surface area contributed by atoms with Gasteiger partial charge in [0.25, 0.3) is 10.0 Å². The number of rotatable bonds is 3. The van der Waals surface area contributed by atoms with Gasteiger partial charge in [-0.2, -0.15) is 0 Å². The fourth-order valence-electron chi connectivity index (χ4n) is 2.32. The van der Waals surface area contributed by atoms with Gasteiger partial charge in [-0.3, -0.25) is 0 Å². The molecule has 1 fully saturated rings. The Hall–Kier alpha value is -0.700. The lowest BCUT2D eigenvalue weighted by molar-refractivity contribution is 0.178. The Morgan fingerprint density at radius 3 is 2.74 bits per heavy atom. The van der Waals surface area contributed by atoms with Gasteiger partial charge in [-0.25, -0.2) is 18.1 Å². The van der Waals surface area contributed by atoms with Gasteiger partial charge < -0.3 is 10.6 Å². The van der Waals surface area contributed by atoms with Crippen LogP contribution in [0.4, 0.5) is 5.13 Å². The highest BCUT2D eigenvalue weighted by molar-refractivity contribution is 7.91. The Bertz CT molecular complexity index is 555. The molecule has 0 aromatic carbocycles. The zero-order valence-electron chi connectivity index (χ0n) is 11.4. The van der Waals surface area contributed by atoms with E-state index < -0.39 is 10.0 Å². The van der Waals surface area contributed by atoms with Gasteiger partial charge in [-0.05, 0) is 40.3 Å². The van der Waals surface area contributed by atoms with Crippen LogP contribution in [0.5, 0.6) is 0 Å². The molecule has 108 valence electrons. The molecule has 1 saturated heterocycles. The van der Waals surface area contributed by atoms with Gasteiger partial charge in [-0.15, -0.1) is 0 Å². The monoisotopic (exact) mass is 304 g/mol. The molecule has 0 radical (unpaired) electrons. The first-order chi connectivity index (χ1) is 8.79. The van der Waals surface area contributed by atoms with Crippen molar-refractivity contribution < 1.29 is 8.42 Å². The summed E-state index contributed by atoms with van der Waals surface area (Å²) < 4.78 is 27.6. The molecule has 3 N–H and O–H groups in total. The smallest absolute Gasteiger partial charge is 0.252 e. The lowest BCUT2D eigenvalue weighted by atomic mass is 10.0. The minimum Gasteiger partial charge on any atom is -0.375 e. The van der Waals surface area contributed by atoms with Crippen molar-refractivity contribution in [3.63, 3.8) is 0 Å². The zero-order chi connectivity index (χ0) is 14.2. The fraction of sp³-hybridized carbons (Fsp3) is 0.727. The van der Waals surface area contributed by atoms with E-state index in [-0.39, 0.29) is 15.4 Å². The molecule has 0 saturated carbocycles. The van der Waals surface area contributed by atoms with E-state index in [1.165, 1.54) is 0 Å². The Morgan fingerprint density at radius 1 is 1.53 bits per heavy atom. The molecular weight excluding hydrogens is 284 g/mol. The van der Waals surface area contributed by atoms with Crippen molar-refractivity contribution >= 4 is 26.5 Å². The van der Waals surface area contributed by atoms with Crippen LogP contribution >= 0.6 is 11.3 Å². The number of thiazole rings is 1. The van der Waals surface area contributed by atoms with Crippen molar-refractivity contribution in [1.29, 1.82) is 0 Å². The number of nitrogen functional groups attached to an aromatic ring is 1. The summed E-state index contributed by atoms with van der Waals surface area (Å²) >= 11 is 1.02. The number of nitrogens with two attached hydrogens (primary N) is 1. The first kappa shape index (κ1) is 14.7. The molecule has 2 atom stereocenters. The van der Waals surface area contributed by atoms with E-state index >= 15 is 0 Å². The first-order valence-electron chi connectivity index (χ1n) is 6.25. The number of nitrogens with one attached hydrogen (secondary N) is 1. The second-order valence-corrected chi connectivity index (χ2v) is 8.04. The second-order valence-electron chi connectivity index (χ2n) is 5.10. The molecule has 6 nitrogen and oxygen atoms in total. The number of sulfonamides is 1. The summed E-state index contributed by atoms with van der Waals surface area (Å²) in [6.07, 6.45) is 1.65. The fourth-order valence-corrected chi connectivity index (χ4v) is 4.92. The quantitative estimate of drug-likeness (QED) is 0.862. The molecule has 1 aliphatic heterocycles. The topological polar surface area (TPSA) is 88.3 Å². The van der Waals surface area contributed by atoms with Crippen LogP contribution in [0.1, 0.15) is 25.5 Å².